The van der Waals surface area contributed by atoms with E-state index in [4.69, 9.17) is 5.11 Å². The van der Waals surface area contributed by atoms with Crippen LogP contribution in [0.2, 0.25) is 0 Å². The molecular weight excluding hydrogens is 264 g/mol. The van der Waals surface area contributed by atoms with Gasteiger partial charge in [-0.15, -0.1) is 0 Å². The standard InChI is InChI=1S/C17H26N2O2/c1-5-19(14(2)12-18(3)4)13-16-9-7-6-8-15(16)10-11-17(20)21/h6-11,14H,5,12-13H2,1-4H3,(H,20,21)/b11-10+. The number of carboxylic acid groups (broad SMARTS) is 1. The van der Waals surface area contributed by atoms with Gasteiger partial charge in [0.2, 0.25) is 0 Å². The third kappa shape index (κ3) is 6.10. The fourth-order valence-electron chi connectivity index (χ4n) is 2.44. The molecule has 0 bridgehead atoms. The lowest BCUT2D eigenvalue weighted by molar-refractivity contribution is -0.131. The molecule has 1 rings (SSSR count). The van der Waals surface area contributed by atoms with Crippen molar-refractivity contribution in [3.05, 3.63) is 41.5 Å². The van der Waals surface area contributed by atoms with Crippen LogP contribution >= 0.6 is 0 Å². The van der Waals surface area contributed by atoms with Gasteiger partial charge in [0.25, 0.3) is 0 Å². The minimum atomic E-state index is -0.918. The Morgan fingerprint density at radius 1 is 1.33 bits per heavy atom. The second kappa shape index (κ2) is 8.60. The van der Waals surface area contributed by atoms with Crippen molar-refractivity contribution in [1.82, 2.24) is 9.80 Å². The zero-order valence-electron chi connectivity index (χ0n) is 13.4. The topological polar surface area (TPSA) is 43.8 Å². The van der Waals surface area contributed by atoms with Crippen LogP contribution in [0, 0.1) is 0 Å². The molecule has 0 heterocycles. The van der Waals surface area contributed by atoms with E-state index >= 15 is 0 Å². The van der Waals surface area contributed by atoms with Gasteiger partial charge in [-0.1, -0.05) is 31.2 Å². The van der Waals surface area contributed by atoms with Gasteiger partial charge in [0.1, 0.15) is 0 Å². The first-order valence-electron chi connectivity index (χ1n) is 7.31. The first-order chi connectivity index (χ1) is 9.93. The number of hydrogen-bond acceptors (Lipinski definition) is 3. The summed E-state index contributed by atoms with van der Waals surface area (Å²) in [4.78, 5) is 15.3. The first-order valence-corrected chi connectivity index (χ1v) is 7.31. The molecule has 0 saturated carbocycles. The fraction of sp³-hybridized carbons (Fsp3) is 0.471. The van der Waals surface area contributed by atoms with Crippen LogP contribution in [0.1, 0.15) is 25.0 Å². The Hall–Kier alpha value is -1.65. The second-order valence-electron chi connectivity index (χ2n) is 5.54. The van der Waals surface area contributed by atoms with E-state index < -0.39 is 5.97 Å². The van der Waals surface area contributed by atoms with Gasteiger partial charge in [0.15, 0.2) is 0 Å². The lowest BCUT2D eigenvalue weighted by atomic mass is 10.1. The van der Waals surface area contributed by atoms with Crippen molar-refractivity contribution in [1.29, 1.82) is 0 Å². The third-order valence-corrected chi connectivity index (χ3v) is 3.49. The van der Waals surface area contributed by atoms with E-state index in [-0.39, 0.29) is 0 Å². The number of aliphatic carboxylic acids is 1. The molecule has 0 fully saturated rings. The summed E-state index contributed by atoms with van der Waals surface area (Å²) in [6, 6.07) is 8.40. The van der Waals surface area contributed by atoms with Gasteiger partial charge in [-0.05, 0) is 44.8 Å². The summed E-state index contributed by atoms with van der Waals surface area (Å²) in [5.74, 6) is -0.918. The van der Waals surface area contributed by atoms with Gasteiger partial charge in [0.05, 0.1) is 0 Å². The number of carboxylic acids is 1. The van der Waals surface area contributed by atoms with Crippen LogP contribution in [0.5, 0.6) is 0 Å². The average molecular weight is 290 g/mol. The van der Waals surface area contributed by atoms with Crippen LogP contribution in [0.4, 0.5) is 0 Å². The monoisotopic (exact) mass is 290 g/mol. The highest BCUT2D eigenvalue weighted by Crippen LogP contribution is 2.15. The van der Waals surface area contributed by atoms with Crippen molar-refractivity contribution in [3.63, 3.8) is 0 Å². The predicted molar refractivity (Wildman–Crippen MR) is 87.2 cm³/mol. The summed E-state index contributed by atoms with van der Waals surface area (Å²) in [5.41, 5.74) is 2.12. The van der Waals surface area contributed by atoms with Gasteiger partial charge in [-0.25, -0.2) is 4.79 Å². The SMILES string of the molecule is CCN(Cc1ccccc1/C=C/C(=O)O)C(C)CN(C)C. The Balaban J connectivity index is 2.87. The number of benzene rings is 1. The van der Waals surface area contributed by atoms with Crippen LogP contribution < -0.4 is 0 Å². The maximum absolute atomic E-state index is 10.7. The van der Waals surface area contributed by atoms with Gasteiger partial charge in [-0.2, -0.15) is 0 Å². The molecule has 1 aromatic carbocycles. The fourth-order valence-corrected chi connectivity index (χ4v) is 2.44. The number of carbonyl (C=O) groups is 1. The zero-order chi connectivity index (χ0) is 15.8. The Labute approximate surface area is 127 Å². The largest absolute Gasteiger partial charge is 0.478 e. The molecule has 4 nitrogen and oxygen atoms in total. The van der Waals surface area contributed by atoms with E-state index in [0.717, 1.165) is 30.8 Å². The highest BCUT2D eigenvalue weighted by molar-refractivity contribution is 5.85. The maximum Gasteiger partial charge on any atom is 0.328 e. The Kier molecular flexibility index (Phi) is 7.12. The normalized spacial score (nSPS) is 13.2. The molecule has 21 heavy (non-hydrogen) atoms. The molecule has 0 radical (unpaired) electrons. The zero-order valence-corrected chi connectivity index (χ0v) is 13.4. The van der Waals surface area contributed by atoms with E-state index in [1.54, 1.807) is 6.08 Å². The number of rotatable bonds is 8. The number of hydrogen-bond donors (Lipinski definition) is 1. The summed E-state index contributed by atoms with van der Waals surface area (Å²) in [6.45, 7) is 7.17. The van der Waals surface area contributed by atoms with Crippen LogP contribution in [0.15, 0.2) is 30.3 Å². The minimum Gasteiger partial charge on any atom is -0.478 e. The van der Waals surface area contributed by atoms with Gasteiger partial charge >= 0.3 is 5.97 Å². The lowest BCUT2D eigenvalue weighted by Crippen LogP contribution is -2.39. The van der Waals surface area contributed by atoms with E-state index in [2.05, 4.69) is 43.8 Å². The highest BCUT2D eigenvalue weighted by atomic mass is 16.4. The van der Waals surface area contributed by atoms with Crippen LogP contribution in [0.3, 0.4) is 0 Å². The smallest absolute Gasteiger partial charge is 0.328 e. The Morgan fingerprint density at radius 2 is 2.00 bits per heavy atom. The maximum atomic E-state index is 10.7. The van der Waals surface area contributed by atoms with Gasteiger partial charge in [-0.3, -0.25) is 4.90 Å². The molecule has 0 aromatic heterocycles. The molecule has 1 atom stereocenters. The molecule has 4 heteroatoms. The highest BCUT2D eigenvalue weighted by Gasteiger charge is 2.14. The molecule has 0 amide bonds. The second-order valence-corrected chi connectivity index (χ2v) is 5.54. The van der Waals surface area contributed by atoms with Crippen molar-refractivity contribution in [2.45, 2.75) is 26.4 Å². The van der Waals surface area contributed by atoms with Crippen molar-refractivity contribution < 1.29 is 9.90 Å². The molecule has 1 N–H and O–H groups in total. The van der Waals surface area contributed by atoms with E-state index in [1.807, 2.05) is 18.2 Å². The van der Waals surface area contributed by atoms with Crippen molar-refractivity contribution in [3.8, 4) is 0 Å². The molecule has 0 spiro atoms. The molecular formula is C17H26N2O2. The van der Waals surface area contributed by atoms with Crippen molar-refractivity contribution in [2.24, 2.45) is 0 Å². The summed E-state index contributed by atoms with van der Waals surface area (Å²) in [5, 5.41) is 8.78. The van der Waals surface area contributed by atoms with E-state index in [1.165, 1.54) is 6.08 Å². The quantitative estimate of drug-likeness (QED) is 0.747. The molecule has 116 valence electrons. The summed E-state index contributed by atoms with van der Waals surface area (Å²) >= 11 is 0. The number of nitrogens with zero attached hydrogens (tertiary/aromatic N) is 2. The summed E-state index contributed by atoms with van der Waals surface area (Å²) < 4.78 is 0. The van der Waals surface area contributed by atoms with Crippen molar-refractivity contribution >= 4 is 12.0 Å². The molecule has 0 saturated heterocycles. The van der Waals surface area contributed by atoms with Gasteiger partial charge < -0.3 is 10.0 Å². The molecule has 0 aliphatic carbocycles. The first kappa shape index (κ1) is 17.4. The molecule has 0 aliphatic heterocycles. The van der Waals surface area contributed by atoms with Gasteiger partial charge in [0, 0.05) is 25.2 Å². The summed E-state index contributed by atoms with van der Waals surface area (Å²) in [7, 11) is 4.15. The van der Waals surface area contributed by atoms with E-state index in [9.17, 15) is 4.79 Å². The van der Waals surface area contributed by atoms with Crippen LogP contribution in [0.25, 0.3) is 6.08 Å². The number of likely N-dealkylation sites (N-methyl/N-ethyl adjacent to an activating group) is 2. The lowest BCUT2D eigenvalue weighted by Gasteiger charge is -2.30. The average Bonchev–Trinajstić information content (AvgIpc) is 2.42. The molecule has 0 aliphatic rings. The molecule has 1 unspecified atom stereocenters. The molecule has 1 aromatic rings. The predicted octanol–water partition coefficient (Wildman–Crippen LogP) is 2.56. The Morgan fingerprint density at radius 3 is 2.57 bits per heavy atom. The van der Waals surface area contributed by atoms with Crippen molar-refractivity contribution in [2.75, 3.05) is 27.2 Å². The summed E-state index contributed by atoms with van der Waals surface area (Å²) in [6.07, 6.45) is 2.86. The van der Waals surface area contributed by atoms with E-state index in [0.29, 0.717) is 6.04 Å². The third-order valence-electron chi connectivity index (χ3n) is 3.49. The van der Waals surface area contributed by atoms with Crippen LogP contribution in [-0.4, -0.2) is 54.1 Å². The van der Waals surface area contributed by atoms with Crippen LogP contribution in [-0.2, 0) is 11.3 Å². The Bertz CT molecular complexity index is 483. The minimum absolute atomic E-state index is 0.446.